The number of thioether (sulfide) groups is 2. The van der Waals surface area contributed by atoms with Crippen molar-refractivity contribution in [1.29, 1.82) is 5.41 Å². The zero-order valence-electron chi connectivity index (χ0n) is 11.8. The van der Waals surface area contributed by atoms with Gasteiger partial charge >= 0.3 is 0 Å². The third-order valence-electron chi connectivity index (χ3n) is 2.95. The van der Waals surface area contributed by atoms with Crippen LogP contribution in [0.3, 0.4) is 0 Å². The monoisotopic (exact) mass is 317 g/mol. The molecule has 0 bridgehead atoms. The van der Waals surface area contributed by atoms with Crippen molar-refractivity contribution in [1.82, 2.24) is 4.98 Å². The van der Waals surface area contributed by atoms with E-state index in [9.17, 15) is 0 Å². The van der Waals surface area contributed by atoms with Gasteiger partial charge in [0, 0.05) is 17.7 Å². The molecule has 0 radical (unpaired) electrons. The minimum absolute atomic E-state index is 0.193. The summed E-state index contributed by atoms with van der Waals surface area (Å²) in [6, 6.07) is 14.7. The van der Waals surface area contributed by atoms with Crippen LogP contribution in [-0.2, 0) is 12.8 Å². The first-order chi connectivity index (χ1) is 10.2. The van der Waals surface area contributed by atoms with Gasteiger partial charge in [-0.25, -0.2) is 4.98 Å². The number of nitrogens with zero attached hydrogens (tertiary/aromatic N) is 1. The SMILES string of the molecule is N=C(N)SCCc1ccc(CCSc2ccccn2)cc1. The standard InChI is InChI=1S/C16H19N3S2/c17-16(18)21-12-9-14-6-4-13(5-7-14)8-11-20-15-3-1-2-10-19-15/h1-7,10H,8-9,11-12H2,(H3,17,18). The highest BCUT2D eigenvalue weighted by Crippen LogP contribution is 2.16. The van der Waals surface area contributed by atoms with Gasteiger partial charge in [0.05, 0.1) is 5.03 Å². The second kappa shape index (κ2) is 8.74. The molecule has 0 saturated heterocycles. The Bertz CT molecular complexity index is 555. The van der Waals surface area contributed by atoms with Crippen molar-refractivity contribution in [3.63, 3.8) is 0 Å². The fourth-order valence-electron chi connectivity index (χ4n) is 1.86. The second-order valence-corrected chi connectivity index (χ2v) is 6.80. The van der Waals surface area contributed by atoms with E-state index in [1.54, 1.807) is 11.8 Å². The highest BCUT2D eigenvalue weighted by atomic mass is 32.2. The van der Waals surface area contributed by atoms with Gasteiger partial charge in [0.1, 0.15) is 0 Å². The highest BCUT2D eigenvalue weighted by molar-refractivity contribution is 8.13. The van der Waals surface area contributed by atoms with Crippen LogP contribution in [0, 0.1) is 5.41 Å². The van der Waals surface area contributed by atoms with Crippen molar-refractivity contribution < 1.29 is 0 Å². The van der Waals surface area contributed by atoms with Crippen LogP contribution in [0.1, 0.15) is 11.1 Å². The lowest BCUT2D eigenvalue weighted by molar-refractivity contribution is 1.10. The van der Waals surface area contributed by atoms with Crippen LogP contribution in [0.4, 0.5) is 0 Å². The van der Waals surface area contributed by atoms with Crippen molar-refractivity contribution in [3.8, 4) is 0 Å². The molecule has 1 aromatic carbocycles. The maximum atomic E-state index is 7.17. The molecule has 0 aliphatic rings. The van der Waals surface area contributed by atoms with Crippen LogP contribution in [0.15, 0.2) is 53.7 Å². The number of hydrogen-bond donors (Lipinski definition) is 2. The molecule has 0 atom stereocenters. The molecule has 5 heteroatoms. The molecule has 1 heterocycles. The topological polar surface area (TPSA) is 62.8 Å². The second-order valence-electron chi connectivity index (χ2n) is 4.55. The number of pyridine rings is 1. The van der Waals surface area contributed by atoms with Crippen LogP contribution < -0.4 is 5.73 Å². The van der Waals surface area contributed by atoms with Crippen LogP contribution in [0.5, 0.6) is 0 Å². The molecule has 0 aliphatic heterocycles. The summed E-state index contributed by atoms with van der Waals surface area (Å²) in [5.74, 6) is 1.90. The number of amidine groups is 1. The fraction of sp³-hybridized carbons (Fsp3) is 0.250. The Hall–Kier alpha value is -1.46. The Morgan fingerprint density at radius 3 is 2.24 bits per heavy atom. The van der Waals surface area contributed by atoms with Crippen LogP contribution in [0.25, 0.3) is 0 Å². The predicted octanol–water partition coefficient (Wildman–Crippen LogP) is 3.59. The van der Waals surface area contributed by atoms with E-state index in [2.05, 4.69) is 29.2 Å². The lowest BCUT2D eigenvalue weighted by atomic mass is 10.1. The van der Waals surface area contributed by atoms with Gasteiger partial charge in [0.15, 0.2) is 5.17 Å². The zero-order valence-corrected chi connectivity index (χ0v) is 13.4. The summed E-state index contributed by atoms with van der Waals surface area (Å²) in [5, 5.41) is 8.45. The van der Waals surface area contributed by atoms with Gasteiger partial charge in [-0.1, -0.05) is 42.1 Å². The molecule has 0 aliphatic carbocycles. The molecular weight excluding hydrogens is 298 g/mol. The molecule has 0 spiro atoms. The average molecular weight is 317 g/mol. The molecule has 2 rings (SSSR count). The Labute approximate surface area is 134 Å². The van der Waals surface area contributed by atoms with Crippen LogP contribution in [0.2, 0.25) is 0 Å². The van der Waals surface area contributed by atoms with E-state index in [1.807, 2.05) is 24.4 Å². The van der Waals surface area contributed by atoms with Crippen molar-refractivity contribution in [2.45, 2.75) is 17.9 Å². The van der Waals surface area contributed by atoms with E-state index in [0.29, 0.717) is 0 Å². The van der Waals surface area contributed by atoms with Gasteiger partial charge in [0.2, 0.25) is 0 Å². The Kier molecular flexibility index (Phi) is 6.63. The van der Waals surface area contributed by atoms with Gasteiger partial charge in [0.25, 0.3) is 0 Å². The Balaban J connectivity index is 1.73. The summed E-state index contributed by atoms with van der Waals surface area (Å²) in [6.45, 7) is 0. The Morgan fingerprint density at radius 2 is 1.67 bits per heavy atom. The van der Waals surface area contributed by atoms with Gasteiger partial charge < -0.3 is 5.73 Å². The molecule has 0 unspecified atom stereocenters. The largest absolute Gasteiger partial charge is 0.379 e. The zero-order chi connectivity index (χ0) is 14.9. The lowest BCUT2D eigenvalue weighted by Crippen LogP contribution is -2.05. The smallest absolute Gasteiger partial charge is 0.151 e. The van der Waals surface area contributed by atoms with E-state index in [4.69, 9.17) is 11.1 Å². The first-order valence-corrected chi connectivity index (χ1v) is 8.79. The average Bonchev–Trinajstić information content (AvgIpc) is 2.50. The summed E-state index contributed by atoms with van der Waals surface area (Å²) < 4.78 is 0. The molecule has 3 N–H and O–H groups in total. The van der Waals surface area contributed by atoms with Gasteiger partial charge in [-0.15, -0.1) is 11.8 Å². The summed E-state index contributed by atoms with van der Waals surface area (Å²) in [4.78, 5) is 4.31. The number of aromatic nitrogens is 1. The third kappa shape index (κ3) is 6.23. The van der Waals surface area contributed by atoms with Crippen LogP contribution >= 0.6 is 23.5 Å². The normalized spacial score (nSPS) is 10.5. The lowest BCUT2D eigenvalue weighted by Gasteiger charge is -2.04. The summed E-state index contributed by atoms with van der Waals surface area (Å²) >= 11 is 3.18. The third-order valence-corrected chi connectivity index (χ3v) is 4.61. The van der Waals surface area contributed by atoms with Crippen molar-refractivity contribution in [3.05, 3.63) is 59.8 Å². The Morgan fingerprint density at radius 1 is 1.00 bits per heavy atom. The van der Waals surface area contributed by atoms with E-state index >= 15 is 0 Å². The quantitative estimate of drug-likeness (QED) is 0.465. The van der Waals surface area contributed by atoms with Crippen molar-refractivity contribution >= 4 is 28.7 Å². The molecule has 0 fully saturated rings. The minimum atomic E-state index is 0.193. The minimum Gasteiger partial charge on any atom is -0.379 e. The maximum Gasteiger partial charge on any atom is 0.151 e. The number of aryl methyl sites for hydroxylation is 2. The predicted molar refractivity (Wildman–Crippen MR) is 93.2 cm³/mol. The first kappa shape index (κ1) is 15.9. The summed E-state index contributed by atoms with van der Waals surface area (Å²) in [7, 11) is 0. The van der Waals surface area contributed by atoms with Crippen LogP contribution in [-0.4, -0.2) is 21.7 Å². The highest BCUT2D eigenvalue weighted by Gasteiger charge is 1.99. The van der Waals surface area contributed by atoms with Gasteiger partial charge in [-0.05, 0) is 36.1 Å². The number of nitrogens with two attached hydrogens (primary N) is 1. The molecule has 3 nitrogen and oxygen atoms in total. The molecule has 21 heavy (non-hydrogen) atoms. The maximum absolute atomic E-state index is 7.17. The van der Waals surface area contributed by atoms with Gasteiger partial charge in [-0.2, -0.15) is 0 Å². The number of hydrogen-bond acceptors (Lipinski definition) is 4. The number of nitrogens with one attached hydrogen (secondary N) is 1. The van der Waals surface area contributed by atoms with E-state index in [0.717, 1.165) is 29.4 Å². The van der Waals surface area contributed by atoms with Crippen molar-refractivity contribution in [2.24, 2.45) is 5.73 Å². The van der Waals surface area contributed by atoms with E-state index in [-0.39, 0.29) is 5.17 Å². The molecular formula is C16H19N3S2. The molecule has 0 amide bonds. The number of rotatable bonds is 7. The van der Waals surface area contributed by atoms with Gasteiger partial charge in [-0.3, -0.25) is 5.41 Å². The molecule has 0 saturated carbocycles. The molecule has 110 valence electrons. The number of benzene rings is 1. The summed E-state index contributed by atoms with van der Waals surface area (Å²) in [5.41, 5.74) is 7.97. The van der Waals surface area contributed by atoms with E-state index in [1.165, 1.54) is 22.9 Å². The first-order valence-electron chi connectivity index (χ1n) is 6.82. The fourth-order valence-corrected chi connectivity index (χ4v) is 3.27. The molecule has 2 aromatic rings. The molecule has 1 aromatic heterocycles. The van der Waals surface area contributed by atoms with Crippen molar-refractivity contribution in [2.75, 3.05) is 11.5 Å². The summed E-state index contributed by atoms with van der Waals surface area (Å²) in [6.07, 6.45) is 3.83. The van der Waals surface area contributed by atoms with E-state index < -0.39 is 0 Å².